The highest BCUT2D eigenvalue weighted by Crippen LogP contribution is 2.37. The molecule has 0 saturated heterocycles. The Balaban J connectivity index is 2.63. The molecule has 13 heavy (non-hydrogen) atoms. The zero-order valence-corrected chi connectivity index (χ0v) is 10.2. The van der Waals surface area contributed by atoms with Gasteiger partial charge in [0.2, 0.25) is 0 Å². The van der Waals surface area contributed by atoms with Crippen molar-refractivity contribution in [2.24, 2.45) is 0 Å². The maximum Gasteiger partial charge on any atom is 0.0561 e. The fraction of sp³-hybridized carbons (Fsp3) is 0.200. The van der Waals surface area contributed by atoms with Crippen molar-refractivity contribution >= 4 is 43.1 Å². The van der Waals surface area contributed by atoms with E-state index < -0.39 is 0 Å². The van der Waals surface area contributed by atoms with E-state index in [4.69, 9.17) is 0 Å². The Labute approximate surface area is 94.5 Å². The number of hydrogen-bond acceptors (Lipinski definition) is 1. The molecule has 2 rings (SSSR count). The Bertz CT molecular complexity index is 371. The highest BCUT2D eigenvalue weighted by atomic mass is 79.9. The number of fused-ring (bicyclic) bond motifs is 1. The fourth-order valence-electron chi connectivity index (χ4n) is 1.51. The van der Waals surface area contributed by atoms with Crippen LogP contribution in [0, 0.1) is 0 Å². The second-order valence-corrected chi connectivity index (χ2v) is 4.86. The van der Waals surface area contributed by atoms with Gasteiger partial charge in [-0.3, -0.25) is 0 Å². The predicted molar refractivity (Wildman–Crippen MR) is 64.0 cm³/mol. The lowest BCUT2D eigenvalue weighted by molar-refractivity contribution is 1.05. The summed E-state index contributed by atoms with van der Waals surface area (Å²) in [6.45, 7) is 5.03. The number of rotatable bonds is 0. The molecule has 3 heteroatoms. The first-order chi connectivity index (χ1) is 6.18. The van der Waals surface area contributed by atoms with Crippen molar-refractivity contribution in [2.45, 2.75) is 6.42 Å². The van der Waals surface area contributed by atoms with Crippen molar-refractivity contribution in [1.82, 2.24) is 0 Å². The third-order valence-electron chi connectivity index (χ3n) is 2.16. The maximum absolute atomic E-state index is 4.06. The van der Waals surface area contributed by atoms with E-state index in [-0.39, 0.29) is 0 Å². The molecule has 1 N–H and O–H groups in total. The van der Waals surface area contributed by atoms with Gasteiger partial charge in [-0.05, 0) is 40.1 Å². The van der Waals surface area contributed by atoms with Gasteiger partial charge in [0.15, 0.2) is 0 Å². The van der Waals surface area contributed by atoms with Gasteiger partial charge in [0.25, 0.3) is 0 Å². The molecular weight excluding hydrogens is 294 g/mol. The Morgan fingerprint density at radius 2 is 2.08 bits per heavy atom. The van der Waals surface area contributed by atoms with Gasteiger partial charge in [0.05, 0.1) is 5.69 Å². The molecule has 0 radical (unpaired) electrons. The van der Waals surface area contributed by atoms with Gasteiger partial charge in [-0.2, -0.15) is 0 Å². The van der Waals surface area contributed by atoms with Crippen LogP contribution < -0.4 is 5.32 Å². The van der Waals surface area contributed by atoms with E-state index in [0.29, 0.717) is 0 Å². The lowest BCUT2D eigenvalue weighted by Gasteiger charge is -2.21. The monoisotopic (exact) mass is 301 g/mol. The number of anilines is 1. The Kier molecular flexibility index (Phi) is 2.47. The second kappa shape index (κ2) is 3.46. The van der Waals surface area contributed by atoms with E-state index in [1.807, 2.05) is 6.07 Å². The van der Waals surface area contributed by atoms with E-state index in [9.17, 15) is 0 Å². The van der Waals surface area contributed by atoms with Gasteiger partial charge >= 0.3 is 0 Å². The maximum atomic E-state index is 4.06. The van der Waals surface area contributed by atoms with Gasteiger partial charge in [-0.25, -0.2) is 0 Å². The molecule has 1 heterocycles. The SMILES string of the molecule is C=C1CCNc2c(Br)cc(Br)cc21. The number of hydrogen-bond donors (Lipinski definition) is 1. The Morgan fingerprint density at radius 3 is 2.85 bits per heavy atom. The summed E-state index contributed by atoms with van der Waals surface area (Å²) >= 11 is 7.00. The van der Waals surface area contributed by atoms with Crippen molar-refractivity contribution < 1.29 is 0 Å². The van der Waals surface area contributed by atoms with Crippen LogP contribution in [0.2, 0.25) is 0 Å². The molecule has 0 aromatic heterocycles. The smallest absolute Gasteiger partial charge is 0.0561 e. The molecule has 0 amide bonds. The molecular formula is C10H9Br2N. The fourth-order valence-corrected chi connectivity index (χ4v) is 2.87. The van der Waals surface area contributed by atoms with Crippen LogP contribution in [0.5, 0.6) is 0 Å². The zero-order valence-electron chi connectivity index (χ0n) is 7.03. The number of halogens is 2. The molecule has 1 aromatic rings. The molecule has 0 aliphatic carbocycles. The zero-order chi connectivity index (χ0) is 9.42. The molecule has 1 aliphatic heterocycles. The lowest BCUT2D eigenvalue weighted by atomic mass is 9.99. The molecule has 0 saturated carbocycles. The minimum Gasteiger partial charge on any atom is -0.383 e. The lowest BCUT2D eigenvalue weighted by Crippen LogP contribution is -2.11. The van der Waals surface area contributed by atoms with Gasteiger partial charge < -0.3 is 5.32 Å². The summed E-state index contributed by atoms with van der Waals surface area (Å²) < 4.78 is 2.18. The third-order valence-corrected chi connectivity index (χ3v) is 3.25. The van der Waals surface area contributed by atoms with Crippen molar-refractivity contribution in [3.63, 3.8) is 0 Å². The molecule has 1 aliphatic rings. The summed E-state index contributed by atoms with van der Waals surface area (Å²) in [6, 6.07) is 4.15. The first-order valence-electron chi connectivity index (χ1n) is 4.09. The van der Waals surface area contributed by atoms with E-state index >= 15 is 0 Å². The number of nitrogens with one attached hydrogen (secondary N) is 1. The average Bonchev–Trinajstić information content (AvgIpc) is 2.07. The number of benzene rings is 1. The summed E-state index contributed by atoms with van der Waals surface area (Å²) in [5.74, 6) is 0. The predicted octanol–water partition coefficient (Wildman–Crippen LogP) is 4.04. The van der Waals surface area contributed by atoms with Crippen LogP contribution in [0.1, 0.15) is 12.0 Å². The minimum absolute atomic E-state index is 0.978. The molecule has 0 bridgehead atoms. The molecule has 0 fully saturated rings. The molecule has 0 spiro atoms. The molecule has 1 aromatic carbocycles. The Morgan fingerprint density at radius 1 is 1.31 bits per heavy atom. The van der Waals surface area contributed by atoms with Crippen LogP contribution in [0.3, 0.4) is 0 Å². The van der Waals surface area contributed by atoms with Crippen LogP contribution in [0.25, 0.3) is 5.57 Å². The van der Waals surface area contributed by atoms with Gasteiger partial charge in [-0.1, -0.05) is 22.5 Å². The van der Waals surface area contributed by atoms with Crippen molar-refractivity contribution in [1.29, 1.82) is 0 Å². The summed E-state index contributed by atoms with van der Waals surface area (Å²) in [5, 5.41) is 3.36. The Hall–Kier alpha value is -0.280. The van der Waals surface area contributed by atoms with E-state index in [1.54, 1.807) is 0 Å². The highest BCUT2D eigenvalue weighted by molar-refractivity contribution is 9.11. The normalized spacial score (nSPS) is 15.1. The molecule has 0 unspecified atom stereocenters. The summed E-state index contributed by atoms with van der Waals surface area (Å²) in [5.41, 5.74) is 3.59. The summed E-state index contributed by atoms with van der Waals surface area (Å²) in [6.07, 6.45) is 1.02. The molecule has 0 atom stereocenters. The standard InChI is InChI=1S/C10H9Br2N/c1-6-2-3-13-10-8(6)4-7(11)5-9(10)12/h4-5,13H,1-3H2. The first-order valence-corrected chi connectivity index (χ1v) is 5.68. The summed E-state index contributed by atoms with van der Waals surface area (Å²) in [7, 11) is 0. The summed E-state index contributed by atoms with van der Waals surface area (Å²) in [4.78, 5) is 0. The second-order valence-electron chi connectivity index (χ2n) is 3.09. The van der Waals surface area contributed by atoms with Crippen LogP contribution >= 0.6 is 31.9 Å². The van der Waals surface area contributed by atoms with Gasteiger partial charge in [-0.15, -0.1) is 0 Å². The van der Waals surface area contributed by atoms with Crippen molar-refractivity contribution in [3.8, 4) is 0 Å². The van der Waals surface area contributed by atoms with Crippen molar-refractivity contribution in [3.05, 3.63) is 33.2 Å². The van der Waals surface area contributed by atoms with Gasteiger partial charge in [0, 0.05) is 21.1 Å². The topological polar surface area (TPSA) is 12.0 Å². The van der Waals surface area contributed by atoms with Gasteiger partial charge in [0.1, 0.15) is 0 Å². The quantitative estimate of drug-likeness (QED) is 0.762. The third kappa shape index (κ3) is 1.67. The van der Waals surface area contributed by atoms with E-state index in [2.05, 4.69) is 49.8 Å². The molecule has 68 valence electrons. The highest BCUT2D eigenvalue weighted by Gasteiger charge is 2.14. The van der Waals surface area contributed by atoms with Crippen molar-refractivity contribution in [2.75, 3.05) is 11.9 Å². The van der Waals surface area contributed by atoms with Crippen LogP contribution in [0.4, 0.5) is 5.69 Å². The minimum atomic E-state index is 0.978. The first kappa shape index (κ1) is 9.28. The average molecular weight is 303 g/mol. The van der Waals surface area contributed by atoms with Crippen LogP contribution in [0.15, 0.2) is 27.7 Å². The molecule has 1 nitrogen and oxygen atoms in total. The largest absolute Gasteiger partial charge is 0.383 e. The van der Waals surface area contributed by atoms with E-state index in [0.717, 1.165) is 21.9 Å². The van der Waals surface area contributed by atoms with Crippen LogP contribution in [-0.4, -0.2) is 6.54 Å². The van der Waals surface area contributed by atoms with Crippen LogP contribution in [-0.2, 0) is 0 Å². The van der Waals surface area contributed by atoms with E-state index in [1.165, 1.54) is 16.8 Å².